The van der Waals surface area contributed by atoms with Gasteiger partial charge in [-0.3, -0.25) is 0 Å². The number of nitrogens with zero attached hydrogens (tertiary/aromatic N) is 2. The van der Waals surface area contributed by atoms with E-state index in [2.05, 4.69) is 15.3 Å². The molecule has 20 heavy (non-hydrogen) atoms. The first-order valence-corrected chi connectivity index (χ1v) is 6.67. The van der Waals surface area contributed by atoms with Crippen LogP contribution in [0.3, 0.4) is 0 Å². The Hall–Kier alpha value is -1.27. The number of aromatic nitrogens is 2. The maximum Gasteiger partial charge on any atom is 0.158 e. The third-order valence-electron chi connectivity index (χ3n) is 2.34. The molecule has 0 saturated heterocycles. The Kier molecular flexibility index (Phi) is 4.88. The zero-order valence-corrected chi connectivity index (χ0v) is 12.7. The van der Waals surface area contributed by atoms with E-state index >= 15 is 0 Å². The third-order valence-corrected chi connectivity index (χ3v) is 3.37. The van der Waals surface area contributed by atoms with Gasteiger partial charge in [-0.15, -0.1) is 0 Å². The second-order valence-electron chi connectivity index (χ2n) is 3.90. The molecule has 106 valence electrons. The van der Waals surface area contributed by atoms with Crippen molar-refractivity contribution in [3.63, 3.8) is 0 Å². The van der Waals surface area contributed by atoms with Gasteiger partial charge in [0.1, 0.15) is 18.2 Å². The predicted octanol–water partition coefficient (Wildman–Crippen LogP) is 3.91. The van der Waals surface area contributed by atoms with Gasteiger partial charge in [0.2, 0.25) is 0 Å². The molecule has 0 amide bonds. The summed E-state index contributed by atoms with van der Waals surface area (Å²) in [7, 11) is 1.55. The molecule has 0 radical (unpaired) electrons. The molecule has 2 aromatic rings. The highest BCUT2D eigenvalue weighted by Gasteiger charge is 2.08. The summed E-state index contributed by atoms with van der Waals surface area (Å²) in [6.45, 7) is 0.259. The van der Waals surface area contributed by atoms with Gasteiger partial charge in [-0.25, -0.2) is 9.97 Å². The molecule has 3 N–H and O–H groups in total. The largest absolute Gasteiger partial charge is 0.384 e. The molecule has 0 spiro atoms. The standard InChI is InChI=1S/C12H11Cl3N4O/c1-20-5-12-18-10(16)4-11(19-12)17-9-3-7(14)6(13)2-8(9)15/h2-4H,5H2,1H3,(H3,16,17,18,19). The lowest BCUT2D eigenvalue weighted by atomic mass is 10.3. The third kappa shape index (κ3) is 3.64. The number of anilines is 3. The summed E-state index contributed by atoms with van der Waals surface area (Å²) in [6, 6.07) is 4.74. The highest BCUT2D eigenvalue weighted by Crippen LogP contribution is 2.33. The molecule has 0 aliphatic carbocycles. The number of methoxy groups -OCH3 is 1. The normalized spacial score (nSPS) is 10.6. The van der Waals surface area contributed by atoms with Crippen molar-refractivity contribution in [1.29, 1.82) is 0 Å². The van der Waals surface area contributed by atoms with Crippen LogP contribution >= 0.6 is 34.8 Å². The van der Waals surface area contributed by atoms with Crippen LogP contribution < -0.4 is 11.1 Å². The number of rotatable bonds is 4. The van der Waals surface area contributed by atoms with Gasteiger partial charge in [0.25, 0.3) is 0 Å². The van der Waals surface area contributed by atoms with Crippen LogP contribution in [0.15, 0.2) is 18.2 Å². The number of nitrogens with two attached hydrogens (primary N) is 1. The molecule has 0 unspecified atom stereocenters. The maximum atomic E-state index is 6.09. The number of benzene rings is 1. The van der Waals surface area contributed by atoms with Gasteiger partial charge in [0, 0.05) is 13.2 Å². The Morgan fingerprint density at radius 1 is 1.10 bits per heavy atom. The van der Waals surface area contributed by atoms with Crippen LogP contribution in [0.25, 0.3) is 0 Å². The van der Waals surface area contributed by atoms with E-state index in [9.17, 15) is 0 Å². The summed E-state index contributed by atoms with van der Waals surface area (Å²) in [5.41, 5.74) is 6.28. The lowest BCUT2D eigenvalue weighted by molar-refractivity contribution is 0.178. The molecule has 0 atom stereocenters. The molecule has 1 aromatic carbocycles. The van der Waals surface area contributed by atoms with Crippen molar-refractivity contribution in [2.45, 2.75) is 6.61 Å². The zero-order chi connectivity index (χ0) is 14.7. The number of hydrogen-bond acceptors (Lipinski definition) is 5. The van der Waals surface area contributed by atoms with Crippen LogP contribution in [0.5, 0.6) is 0 Å². The van der Waals surface area contributed by atoms with E-state index in [0.29, 0.717) is 38.2 Å². The number of nitrogen functional groups attached to an aromatic ring is 1. The van der Waals surface area contributed by atoms with Gasteiger partial charge in [0.05, 0.1) is 20.8 Å². The number of hydrogen-bond donors (Lipinski definition) is 2. The van der Waals surface area contributed by atoms with E-state index in [4.69, 9.17) is 45.3 Å². The summed E-state index contributed by atoms with van der Waals surface area (Å²) >= 11 is 17.9. The summed E-state index contributed by atoms with van der Waals surface area (Å²) < 4.78 is 4.97. The van der Waals surface area contributed by atoms with E-state index in [1.807, 2.05) is 0 Å². The van der Waals surface area contributed by atoms with E-state index in [1.165, 1.54) is 0 Å². The van der Waals surface area contributed by atoms with Crippen molar-refractivity contribution in [3.8, 4) is 0 Å². The summed E-state index contributed by atoms with van der Waals surface area (Å²) in [6.07, 6.45) is 0. The van der Waals surface area contributed by atoms with E-state index < -0.39 is 0 Å². The van der Waals surface area contributed by atoms with Gasteiger partial charge in [-0.2, -0.15) is 0 Å². The highest BCUT2D eigenvalue weighted by atomic mass is 35.5. The first kappa shape index (κ1) is 15.1. The molecule has 8 heteroatoms. The van der Waals surface area contributed by atoms with E-state index in [0.717, 1.165) is 0 Å². The van der Waals surface area contributed by atoms with Crippen molar-refractivity contribution >= 4 is 52.1 Å². The van der Waals surface area contributed by atoms with Crippen LogP contribution in [0, 0.1) is 0 Å². The quantitative estimate of drug-likeness (QED) is 0.830. The van der Waals surface area contributed by atoms with Gasteiger partial charge < -0.3 is 15.8 Å². The van der Waals surface area contributed by atoms with Gasteiger partial charge >= 0.3 is 0 Å². The Morgan fingerprint density at radius 2 is 1.80 bits per heavy atom. The lowest BCUT2D eigenvalue weighted by Gasteiger charge is -2.10. The average molecular weight is 334 g/mol. The molecule has 0 fully saturated rings. The molecule has 0 saturated carbocycles. The van der Waals surface area contributed by atoms with Crippen LogP contribution in [0.4, 0.5) is 17.3 Å². The van der Waals surface area contributed by atoms with Crippen molar-refractivity contribution in [2.75, 3.05) is 18.2 Å². The predicted molar refractivity (Wildman–Crippen MR) is 81.9 cm³/mol. The fraction of sp³-hybridized carbons (Fsp3) is 0.167. The van der Waals surface area contributed by atoms with E-state index in [1.54, 1.807) is 25.3 Å². The second kappa shape index (κ2) is 6.45. The molecule has 0 aliphatic rings. The Bertz CT molecular complexity index is 636. The smallest absolute Gasteiger partial charge is 0.158 e. The monoisotopic (exact) mass is 332 g/mol. The number of halogens is 3. The van der Waals surface area contributed by atoms with Gasteiger partial charge in [0.15, 0.2) is 5.82 Å². The zero-order valence-electron chi connectivity index (χ0n) is 10.5. The number of nitrogens with one attached hydrogen (secondary N) is 1. The first-order chi connectivity index (χ1) is 9.49. The second-order valence-corrected chi connectivity index (χ2v) is 5.12. The molecular formula is C12H11Cl3N4O. The van der Waals surface area contributed by atoms with Crippen molar-refractivity contribution < 1.29 is 4.74 Å². The summed E-state index contributed by atoms with van der Waals surface area (Å²) in [5.74, 6) is 1.28. The van der Waals surface area contributed by atoms with Crippen LogP contribution in [-0.2, 0) is 11.3 Å². The van der Waals surface area contributed by atoms with E-state index in [-0.39, 0.29) is 6.61 Å². The highest BCUT2D eigenvalue weighted by molar-refractivity contribution is 6.44. The van der Waals surface area contributed by atoms with Crippen molar-refractivity contribution in [3.05, 3.63) is 39.1 Å². The molecule has 1 aromatic heterocycles. The first-order valence-electron chi connectivity index (χ1n) is 5.53. The fourth-order valence-electron chi connectivity index (χ4n) is 1.53. The van der Waals surface area contributed by atoms with Crippen molar-refractivity contribution in [2.24, 2.45) is 0 Å². The van der Waals surface area contributed by atoms with Crippen molar-refractivity contribution in [1.82, 2.24) is 9.97 Å². The van der Waals surface area contributed by atoms with Crippen LogP contribution in [-0.4, -0.2) is 17.1 Å². The minimum absolute atomic E-state index is 0.259. The fourth-order valence-corrected chi connectivity index (χ4v) is 2.13. The minimum atomic E-state index is 0.259. The Labute approximate surface area is 131 Å². The van der Waals surface area contributed by atoms with Crippen LogP contribution in [0.1, 0.15) is 5.82 Å². The van der Waals surface area contributed by atoms with Gasteiger partial charge in [-0.05, 0) is 12.1 Å². The molecular weight excluding hydrogens is 323 g/mol. The number of ether oxygens (including phenoxy) is 1. The Balaban J connectivity index is 2.32. The summed E-state index contributed by atoms with van der Waals surface area (Å²) in [5, 5.41) is 4.21. The average Bonchev–Trinajstić information content (AvgIpc) is 2.35. The Morgan fingerprint density at radius 3 is 2.50 bits per heavy atom. The molecule has 2 rings (SSSR count). The minimum Gasteiger partial charge on any atom is -0.384 e. The van der Waals surface area contributed by atoms with Gasteiger partial charge in [-0.1, -0.05) is 34.8 Å². The maximum absolute atomic E-state index is 6.09. The SMILES string of the molecule is COCc1nc(N)cc(Nc2cc(Cl)c(Cl)cc2Cl)n1. The van der Waals surface area contributed by atoms with Crippen LogP contribution in [0.2, 0.25) is 15.1 Å². The lowest BCUT2D eigenvalue weighted by Crippen LogP contribution is -2.04. The topological polar surface area (TPSA) is 73.1 Å². The molecule has 0 bridgehead atoms. The molecule has 5 nitrogen and oxygen atoms in total. The molecule has 0 aliphatic heterocycles. The summed E-state index contributed by atoms with van der Waals surface area (Å²) in [4.78, 5) is 8.29. The molecule has 1 heterocycles.